The summed E-state index contributed by atoms with van der Waals surface area (Å²) in [4.78, 5) is 10.3. The maximum Gasteiger partial charge on any atom is 0.356 e. The second kappa shape index (κ2) is 8.91. The summed E-state index contributed by atoms with van der Waals surface area (Å²) >= 11 is 12.3. The fourth-order valence-electron chi connectivity index (χ4n) is 2.45. The van der Waals surface area contributed by atoms with E-state index in [2.05, 4.69) is 5.32 Å². The molecule has 0 fully saturated rings. The van der Waals surface area contributed by atoms with Gasteiger partial charge in [0.05, 0.1) is 17.1 Å². The summed E-state index contributed by atoms with van der Waals surface area (Å²) in [5.41, 5.74) is 0.709. The number of nitrogens with one attached hydrogen (secondary N) is 1. The van der Waals surface area contributed by atoms with Crippen molar-refractivity contribution in [2.45, 2.75) is 5.78 Å². The van der Waals surface area contributed by atoms with Gasteiger partial charge in [-0.25, -0.2) is 0 Å². The van der Waals surface area contributed by atoms with Crippen molar-refractivity contribution in [2.24, 2.45) is 0 Å². The average molecular weight is 435 g/mol. The molecule has 0 bridgehead atoms. The zero-order valence-electron chi connectivity index (χ0n) is 14.6. The Labute approximate surface area is 166 Å². The Hall–Kier alpha value is -1.83. The Balaban J connectivity index is 2.57. The number of hydrogen-bond donors (Lipinski definition) is 1. The van der Waals surface area contributed by atoms with Gasteiger partial charge in [0, 0.05) is 42.6 Å². The van der Waals surface area contributed by atoms with E-state index in [0.29, 0.717) is 16.3 Å². The molecule has 0 aromatic heterocycles. The number of non-ortho nitro benzene ring substituents is 1. The summed E-state index contributed by atoms with van der Waals surface area (Å²) in [5, 5.41) is 14.3. The van der Waals surface area contributed by atoms with E-state index < -0.39 is 18.3 Å². The molecule has 0 radical (unpaired) electrons. The van der Waals surface area contributed by atoms with Gasteiger partial charge < -0.3 is 19.1 Å². The SMILES string of the molecule is COc1c(Cl)cc(Cl)cc1C(Nc1ccc([N+](=O)[O-])cc1)P(=O)(OC)OC. The standard InChI is InChI=1S/C16H17Cl2N2O6P/c1-24-15-13(8-10(17)9-14(15)18)16(27(23,25-2)26-3)19-11-4-6-12(7-5-11)20(21)22/h4-9,16,19H,1-3H3. The molecule has 27 heavy (non-hydrogen) atoms. The third-order valence-corrected chi connectivity index (χ3v) is 6.30. The van der Waals surface area contributed by atoms with Crippen LogP contribution in [0.2, 0.25) is 10.0 Å². The van der Waals surface area contributed by atoms with E-state index in [1.165, 1.54) is 57.7 Å². The van der Waals surface area contributed by atoms with Crippen molar-refractivity contribution in [3.05, 3.63) is 62.1 Å². The molecule has 2 aromatic carbocycles. The maximum absolute atomic E-state index is 13.2. The second-order valence-corrected chi connectivity index (χ2v) is 8.44. The third-order valence-electron chi connectivity index (χ3n) is 3.74. The molecule has 146 valence electrons. The molecule has 2 rings (SSSR count). The Bertz CT molecular complexity index is 870. The van der Waals surface area contributed by atoms with E-state index in [1.807, 2.05) is 0 Å². The van der Waals surface area contributed by atoms with Crippen molar-refractivity contribution in [1.29, 1.82) is 0 Å². The fourth-order valence-corrected chi connectivity index (χ4v) is 4.45. The van der Waals surface area contributed by atoms with E-state index in [0.717, 1.165) is 0 Å². The first-order valence-corrected chi connectivity index (χ1v) is 9.87. The van der Waals surface area contributed by atoms with Crippen molar-refractivity contribution in [1.82, 2.24) is 0 Å². The Morgan fingerprint density at radius 2 is 1.70 bits per heavy atom. The van der Waals surface area contributed by atoms with Crippen LogP contribution >= 0.6 is 30.8 Å². The minimum Gasteiger partial charge on any atom is -0.495 e. The normalized spacial score (nSPS) is 12.5. The molecule has 0 amide bonds. The van der Waals surface area contributed by atoms with Crippen molar-refractivity contribution in [2.75, 3.05) is 26.6 Å². The summed E-state index contributed by atoms with van der Waals surface area (Å²) < 4.78 is 28.8. The molecule has 0 spiro atoms. The van der Waals surface area contributed by atoms with Gasteiger partial charge in [0.25, 0.3) is 5.69 Å². The molecule has 8 nitrogen and oxygen atoms in total. The molecule has 0 saturated carbocycles. The van der Waals surface area contributed by atoms with Crippen molar-refractivity contribution in [3.8, 4) is 5.75 Å². The van der Waals surface area contributed by atoms with Crippen LogP contribution in [-0.2, 0) is 13.6 Å². The van der Waals surface area contributed by atoms with E-state index in [-0.39, 0.29) is 16.5 Å². The Morgan fingerprint density at radius 3 is 2.19 bits per heavy atom. The smallest absolute Gasteiger partial charge is 0.356 e. The summed E-state index contributed by atoms with van der Waals surface area (Å²) in [7, 11) is 0.164. The second-order valence-electron chi connectivity index (χ2n) is 5.27. The number of benzene rings is 2. The van der Waals surface area contributed by atoms with Crippen molar-refractivity contribution >= 4 is 42.2 Å². The number of nitrogens with zero attached hydrogens (tertiary/aromatic N) is 1. The minimum absolute atomic E-state index is 0.0813. The van der Waals surface area contributed by atoms with E-state index in [4.69, 9.17) is 37.0 Å². The number of hydrogen-bond acceptors (Lipinski definition) is 7. The summed E-state index contributed by atoms with van der Waals surface area (Å²) in [6.07, 6.45) is 0. The van der Waals surface area contributed by atoms with Gasteiger partial charge in [-0.3, -0.25) is 14.7 Å². The van der Waals surface area contributed by atoms with Crippen LogP contribution in [0, 0.1) is 10.1 Å². The monoisotopic (exact) mass is 434 g/mol. The van der Waals surface area contributed by atoms with Crippen LogP contribution in [-0.4, -0.2) is 26.3 Å². The third kappa shape index (κ3) is 4.72. The summed E-state index contributed by atoms with van der Waals surface area (Å²) in [6, 6.07) is 8.58. The highest BCUT2D eigenvalue weighted by Crippen LogP contribution is 2.61. The molecule has 0 aliphatic heterocycles. The largest absolute Gasteiger partial charge is 0.495 e. The number of halogens is 2. The zero-order valence-corrected chi connectivity index (χ0v) is 17.0. The average Bonchev–Trinajstić information content (AvgIpc) is 2.65. The van der Waals surface area contributed by atoms with Gasteiger partial charge in [-0.1, -0.05) is 23.2 Å². The first-order chi connectivity index (χ1) is 12.8. The van der Waals surface area contributed by atoms with Crippen LogP contribution in [0.3, 0.4) is 0 Å². The molecule has 0 saturated heterocycles. The molecule has 1 atom stereocenters. The Kier molecular flexibility index (Phi) is 7.08. The summed E-state index contributed by atoms with van der Waals surface area (Å²) in [6.45, 7) is 0. The van der Waals surface area contributed by atoms with Crippen LogP contribution < -0.4 is 10.1 Å². The summed E-state index contributed by atoms with van der Waals surface area (Å²) in [5.74, 6) is -0.796. The molecule has 11 heteroatoms. The molecule has 1 unspecified atom stereocenters. The van der Waals surface area contributed by atoms with Gasteiger partial charge in [-0.2, -0.15) is 0 Å². The quantitative estimate of drug-likeness (QED) is 0.332. The molecule has 1 N–H and O–H groups in total. The van der Waals surface area contributed by atoms with Crippen LogP contribution in [0.4, 0.5) is 11.4 Å². The lowest BCUT2D eigenvalue weighted by molar-refractivity contribution is -0.384. The molecule has 0 aliphatic rings. The number of nitro groups is 1. The predicted octanol–water partition coefficient (Wildman–Crippen LogP) is 5.51. The van der Waals surface area contributed by atoms with Crippen LogP contribution in [0.25, 0.3) is 0 Å². The van der Waals surface area contributed by atoms with E-state index >= 15 is 0 Å². The first-order valence-electron chi connectivity index (χ1n) is 7.50. The van der Waals surface area contributed by atoms with Gasteiger partial charge in [-0.15, -0.1) is 0 Å². The first kappa shape index (κ1) is 21.5. The molecule has 2 aromatic rings. The highest BCUT2D eigenvalue weighted by molar-refractivity contribution is 7.54. The molecule has 0 heterocycles. The number of anilines is 1. The minimum atomic E-state index is -3.73. The van der Waals surface area contributed by atoms with Gasteiger partial charge in [0.1, 0.15) is 5.75 Å². The topological polar surface area (TPSA) is 99.9 Å². The van der Waals surface area contributed by atoms with Gasteiger partial charge in [0.15, 0.2) is 5.78 Å². The molecular formula is C16H17Cl2N2O6P. The van der Waals surface area contributed by atoms with Crippen molar-refractivity contribution in [3.63, 3.8) is 0 Å². The van der Waals surface area contributed by atoms with Crippen LogP contribution in [0.1, 0.15) is 11.3 Å². The van der Waals surface area contributed by atoms with Crippen LogP contribution in [0.5, 0.6) is 5.75 Å². The maximum atomic E-state index is 13.2. The molecule has 0 aliphatic carbocycles. The highest BCUT2D eigenvalue weighted by Gasteiger charge is 2.38. The zero-order chi connectivity index (χ0) is 20.2. The lowest BCUT2D eigenvalue weighted by atomic mass is 10.2. The van der Waals surface area contributed by atoms with E-state index in [1.54, 1.807) is 0 Å². The number of ether oxygens (including phenoxy) is 1. The van der Waals surface area contributed by atoms with Gasteiger partial charge in [0.2, 0.25) is 0 Å². The van der Waals surface area contributed by atoms with Gasteiger partial charge in [-0.05, 0) is 24.3 Å². The van der Waals surface area contributed by atoms with Gasteiger partial charge >= 0.3 is 7.60 Å². The lowest BCUT2D eigenvalue weighted by Crippen LogP contribution is -2.15. The number of methoxy groups -OCH3 is 1. The fraction of sp³-hybridized carbons (Fsp3) is 0.250. The number of nitro benzene ring substituents is 1. The predicted molar refractivity (Wildman–Crippen MR) is 104 cm³/mol. The lowest BCUT2D eigenvalue weighted by Gasteiger charge is -2.28. The molecular weight excluding hydrogens is 418 g/mol. The highest BCUT2D eigenvalue weighted by atomic mass is 35.5. The van der Waals surface area contributed by atoms with Crippen LogP contribution in [0.15, 0.2) is 36.4 Å². The Morgan fingerprint density at radius 1 is 1.11 bits per heavy atom. The van der Waals surface area contributed by atoms with Crippen molar-refractivity contribution < 1.29 is 23.3 Å². The van der Waals surface area contributed by atoms with E-state index in [9.17, 15) is 14.7 Å². The number of rotatable bonds is 8.